The second-order valence-corrected chi connectivity index (χ2v) is 8.12. The van der Waals surface area contributed by atoms with Crippen LogP contribution in [0.2, 0.25) is 0 Å². The van der Waals surface area contributed by atoms with Crippen LogP contribution < -0.4 is 20.3 Å². The molecule has 9 nitrogen and oxygen atoms in total. The van der Waals surface area contributed by atoms with Crippen molar-refractivity contribution in [1.29, 1.82) is 0 Å². The zero-order valence-electron chi connectivity index (χ0n) is 16.6. The van der Waals surface area contributed by atoms with Gasteiger partial charge < -0.3 is 25.3 Å². The van der Waals surface area contributed by atoms with E-state index < -0.39 is 0 Å². The number of ether oxygens (including phenoxy) is 1. The Kier molecular flexibility index (Phi) is 3.79. The van der Waals surface area contributed by atoms with E-state index >= 15 is 0 Å². The van der Waals surface area contributed by atoms with Crippen LogP contribution in [-0.4, -0.2) is 58.1 Å². The third-order valence-corrected chi connectivity index (χ3v) is 6.15. The topological polar surface area (TPSA) is 104 Å². The van der Waals surface area contributed by atoms with Crippen molar-refractivity contribution in [2.75, 3.05) is 43.4 Å². The van der Waals surface area contributed by atoms with Gasteiger partial charge in [0.05, 0.1) is 29.0 Å². The van der Waals surface area contributed by atoms with E-state index in [9.17, 15) is 0 Å². The highest BCUT2D eigenvalue weighted by atomic mass is 16.5. The molecule has 3 N–H and O–H groups in total. The van der Waals surface area contributed by atoms with Gasteiger partial charge in [0.25, 0.3) is 0 Å². The van der Waals surface area contributed by atoms with Gasteiger partial charge >= 0.3 is 6.01 Å². The molecule has 2 fully saturated rings. The average molecular weight is 402 g/mol. The van der Waals surface area contributed by atoms with Crippen molar-refractivity contribution in [2.24, 2.45) is 5.41 Å². The van der Waals surface area contributed by atoms with Crippen molar-refractivity contribution >= 4 is 33.4 Å². The molecule has 0 saturated carbocycles. The highest BCUT2D eigenvalue weighted by Crippen LogP contribution is 2.43. The van der Waals surface area contributed by atoms with Gasteiger partial charge in [-0.25, -0.2) is 9.97 Å². The second-order valence-electron chi connectivity index (χ2n) is 8.12. The lowest BCUT2D eigenvalue weighted by atomic mass is 9.79. The summed E-state index contributed by atoms with van der Waals surface area (Å²) in [6, 6.07) is 6.50. The summed E-state index contributed by atoms with van der Waals surface area (Å²) in [6.07, 6.45) is 5.88. The molecule has 9 heteroatoms. The highest BCUT2D eigenvalue weighted by molar-refractivity contribution is 6.14. The largest absolute Gasteiger partial charge is 0.421 e. The molecular weight excluding hydrogens is 380 g/mol. The number of nitrogens with one attached hydrogen (secondary N) is 3. The molecule has 5 heterocycles. The smallest absolute Gasteiger partial charge is 0.326 e. The summed E-state index contributed by atoms with van der Waals surface area (Å²) in [5, 5.41) is 8.88. The van der Waals surface area contributed by atoms with Gasteiger partial charge in [0.15, 0.2) is 5.75 Å². The predicted molar refractivity (Wildman–Crippen MR) is 115 cm³/mol. The molecular formula is C21H22N8O. The van der Waals surface area contributed by atoms with E-state index in [2.05, 4.69) is 47.6 Å². The molecule has 3 aromatic heterocycles. The number of nitrogens with zero attached hydrogens (tertiary/aromatic N) is 5. The fourth-order valence-electron chi connectivity index (χ4n) is 4.69. The summed E-state index contributed by atoms with van der Waals surface area (Å²) in [5.41, 5.74) is 3.15. The number of anilines is 2. The third-order valence-electron chi connectivity index (χ3n) is 6.15. The van der Waals surface area contributed by atoms with Crippen LogP contribution in [0.15, 0.2) is 36.9 Å². The first-order chi connectivity index (χ1) is 14.7. The fraction of sp³-hybridized carbons (Fsp3) is 0.333. The van der Waals surface area contributed by atoms with E-state index in [1.165, 1.54) is 12.7 Å². The van der Waals surface area contributed by atoms with Crippen molar-refractivity contribution in [3.05, 3.63) is 36.9 Å². The number of aromatic amines is 1. The molecule has 0 unspecified atom stereocenters. The number of H-pyrrole nitrogens is 1. The maximum atomic E-state index is 5.89. The van der Waals surface area contributed by atoms with E-state index in [1.807, 2.05) is 13.1 Å². The molecule has 30 heavy (non-hydrogen) atoms. The molecule has 2 saturated heterocycles. The van der Waals surface area contributed by atoms with Crippen molar-refractivity contribution in [3.8, 4) is 11.8 Å². The zero-order valence-corrected chi connectivity index (χ0v) is 16.6. The minimum atomic E-state index is 0.287. The van der Waals surface area contributed by atoms with Gasteiger partial charge in [-0.05, 0) is 19.0 Å². The second kappa shape index (κ2) is 6.53. The van der Waals surface area contributed by atoms with E-state index in [1.54, 1.807) is 12.4 Å². The minimum absolute atomic E-state index is 0.287. The Hall–Kier alpha value is -3.46. The quantitative estimate of drug-likeness (QED) is 0.478. The molecule has 0 radical (unpaired) electrons. The maximum Gasteiger partial charge on any atom is 0.326 e. The zero-order chi connectivity index (χ0) is 20.1. The molecule has 2 aliphatic rings. The molecule has 0 amide bonds. The summed E-state index contributed by atoms with van der Waals surface area (Å²) in [4.78, 5) is 23.3. The molecule has 6 rings (SSSR count). The summed E-state index contributed by atoms with van der Waals surface area (Å²) in [6.45, 7) is 4.13. The summed E-state index contributed by atoms with van der Waals surface area (Å²) in [7, 11) is 1.92. The molecule has 2 aliphatic heterocycles. The van der Waals surface area contributed by atoms with Gasteiger partial charge in [-0.1, -0.05) is 12.1 Å². The predicted octanol–water partition coefficient (Wildman–Crippen LogP) is 2.53. The van der Waals surface area contributed by atoms with Gasteiger partial charge in [-0.3, -0.25) is 0 Å². The summed E-state index contributed by atoms with van der Waals surface area (Å²) in [5.74, 6) is 1.42. The van der Waals surface area contributed by atoms with Crippen molar-refractivity contribution in [3.63, 3.8) is 0 Å². The Bertz CT molecular complexity index is 1220. The van der Waals surface area contributed by atoms with Crippen LogP contribution in [0.4, 0.5) is 11.5 Å². The van der Waals surface area contributed by atoms with Gasteiger partial charge in [0.2, 0.25) is 0 Å². The average Bonchev–Trinajstić information content (AvgIpc) is 3.38. The first-order valence-corrected chi connectivity index (χ1v) is 10.1. The molecule has 1 spiro atoms. The SMILES string of the molecule is CNc1cccc2c1[nH]c1nc(Oc3cncnc3)nc(N3CC4(CCNC4)C3)c12. The molecule has 4 aromatic rings. The van der Waals surface area contributed by atoms with Crippen molar-refractivity contribution in [2.45, 2.75) is 6.42 Å². The lowest BCUT2D eigenvalue weighted by molar-refractivity contribution is 0.242. The van der Waals surface area contributed by atoms with Crippen LogP contribution in [-0.2, 0) is 0 Å². The van der Waals surface area contributed by atoms with E-state index in [0.29, 0.717) is 11.2 Å². The molecule has 0 atom stereocenters. The van der Waals surface area contributed by atoms with Gasteiger partial charge in [-0.2, -0.15) is 9.97 Å². The Balaban J connectivity index is 1.49. The monoisotopic (exact) mass is 402 g/mol. The molecule has 152 valence electrons. The molecule has 0 aliphatic carbocycles. The lowest BCUT2D eigenvalue weighted by Crippen LogP contribution is -2.57. The third kappa shape index (κ3) is 2.66. The van der Waals surface area contributed by atoms with Crippen LogP contribution in [0.5, 0.6) is 11.8 Å². The first kappa shape index (κ1) is 17.4. The standard InChI is InChI=1S/C21H22N8O/c1-22-15-4-2-3-14-16-18(26-17(14)15)27-20(30-13-7-24-12-25-8-13)28-19(16)29-10-21(11-29)5-6-23-9-21/h2-4,7-8,12,22-23H,5-6,9-11H2,1H3,(H,26,27,28). The molecule has 0 bridgehead atoms. The van der Waals surface area contributed by atoms with E-state index in [4.69, 9.17) is 9.72 Å². The number of hydrogen-bond donors (Lipinski definition) is 3. The number of rotatable bonds is 4. The first-order valence-electron chi connectivity index (χ1n) is 10.1. The Morgan fingerprint density at radius 3 is 2.80 bits per heavy atom. The van der Waals surface area contributed by atoms with Gasteiger partial charge in [0, 0.05) is 37.5 Å². The maximum absolute atomic E-state index is 5.89. The minimum Gasteiger partial charge on any atom is -0.421 e. The fourth-order valence-corrected chi connectivity index (χ4v) is 4.69. The van der Waals surface area contributed by atoms with Crippen molar-refractivity contribution < 1.29 is 4.74 Å². The highest BCUT2D eigenvalue weighted by Gasteiger charge is 2.46. The van der Waals surface area contributed by atoms with Crippen LogP contribution in [0.3, 0.4) is 0 Å². The normalized spacial score (nSPS) is 17.6. The van der Waals surface area contributed by atoms with Crippen molar-refractivity contribution in [1.82, 2.24) is 30.2 Å². The molecule has 1 aromatic carbocycles. The number of aromatic nitrogens is 5. The summed E-state index contributed by atoms with van der Waals surface area (Å²) < 4.78 is 5.89. The van der Waals surface area contributed by atoms with Crippen LogP contribution >= 0.6 is 0 Å². The Morgan fingerprint density at radius 1 is 1.17 bits per heavy atom. The van der Waals surface area contributed by atoms with Crippen LogP contribution in [0.25, 0.3) is 21.9 Å². The van der Waals surface area contributed by atoms with Gasteiger partial charge in [0.1, 0.15) is 17.8 Å². The number of hydrogen-bond acceptors (Lipinski definition) is 8. The van der Waals surface area contributed by atoms with Crippen LogP contribution in [0, 0.1) is 5.41 Å². The van der Waals surface area contributed by atoms with Crippen LogP contribution in [0.1, 0.15) is 6.42 Å². The number of benzene rings is 1. The number of para-hydroxylation sites is 1. The van der Waals surface area contributed by atoms with E-state index in [0.717, 1.165) is 59.6 Å². The number of fused-ring (bicyclic) bond motifs is 3. The Labute approximate surface area is 172 Å². The summed E-state index contributed by atoms with van der Waals surface area (Å²) >= 11 is 0. The lowest BCUT2D eigenvalue weighted by Gasteiger charge is -2.48. The van der Waals surface area contributed by atoms with Gasteiger partial charge in [-0.15, -0.1) is 0 Å². The Morgan fingerprint density at radius 2 is 2.03 bits per heavy atom. The van der Waals surface area contributed by atoms with E-state index in [-0.39, 0.29) is 6.01 Å².